The van der Waals surface area contributed by atoms with Crippen LogP contribution in [0.2, 0.25) is 0 Å². The average Bonchev–Trinajstić information content (AvgIpc) is 3.38. The van der Waals surface area contributed by atoms with Gasteiger partial charge in [0.05, 0.1) is 28.9 Å². The van der Waals surface area contributed by atoms with Crippen LogP contribution in [0, 0.1) is 20.8 Å². The molecule has 1 fully saturated rings. The Balaban J connectivity index is 1.73. The molecule has 0 bridgehead atoms. The Morgan fingerprint density at radius 3 is 2.42 bits per heavy atom. The number of anilines is 1. The first kappa shape index (κ1) is 24.2. The third-order valence-electron chi connectivity index (χ3n) is 6.32. The van der Waals surface area contributed by atoms with Crippen molar-refractivity contribution in [3.63, 3.8) is 0 Å². The number of carbonyl (C=O) groups excluding carboxylic acids is 2. The molecule has 1 amide bonds. The molecular weight excluding hydrogens is 540 g/mol. The van der Waals surface area contributed by atoms with Crippen LogP contribution in [0.25, 0.3) is 16.0 Å². The number of fused-ring (bicyclic) bond motifs is 1. The average molecular weight is 563 g/mol. The number of nitrogens with zero attached hydrogens (tertiary/aromatic N) is 2. The summed E-state index contributed by atoms with van der Waals surface area (Å²) in [6, 6.07) is 15.7. The molecule has 36 heavy (non-hydrogen) atoms. The first-order valence-electron chi connectivity index (χ1n) is 11.3. The summed E-state index contributed by atoms with van der Waals surface area (Å²) in [6.07, 6.45) is 0. The molecule has 0 unspecified atom stereocenters. The minimum atomic E-state index is -0.831. The first-order valence-corrected chi connectivity index (χ1v) is 12.9. The number of ketones is 1. The second-order valence-corrected chi connectivity index (χ2v) is 10.8. The summed E-state index contributed by atoms with van der Waals surface area (Å²) in [6.45, 7) is 5.84. The van der Waals surface area contributed by atoms with Gasteiger partial charge in [-0.3, -0.25) is 14.5 Å². The number of thiazole rings is 1. The van der Waals surface area contributed by atoms with E-state index in [1.807, 2.05) is 57.2 Å². The molecule has 182 valence electrons. The van der Waals surface area contributed by atoms with Gasteiger partial charge in [0.25, 0.3) is 5.78 Å². The number of halogens is 1. The summed E-state index contributed by atoms with van der Waals surface area (Å²) < 4.78 is 7.12. The van der Waals surface area contributed by atoms with Crippen molar-refractivity contribution in [1.29, 1.82) is 0 Å². The Labute approximate surface area is 221 Å². The molecule has 1 aliphatic rings. The zero-order valence-electron chi connectivity index (χ0n) is 20.1. The van der Waals surface area contributed by atoms with E-state index in [0.717, 1.165) is 31.4 Å². The SMILES string of the molecule is COc1ccc(/C(O)=C2\C(=O)C(=O)N(c3nc4c(C)cc(C)cc4s3)[C@H]2c2ccc(Br)cc2)cc1C. The van der Waals surface area contributed by atoms with E-state index in [1.54, 1.807) is 25.3 Å². The summed E-state index contributed by atoms with van der Waals surface area (Å²) in [7, 11) is 1.57. The number of aliphatic hydroxyl groups excluding tert-OH is 1. The first-order chi connectivity index (χ1) is 17.2. The number of benzene rings is 3. The smallest absolute Gasteiger partial charge is 0.301 e. The van der Waals surface area contributed by atoms with Crippen LogP contribution in [-0.2, 0) is 9.59 Å². The zero-order chi connectivity index (χ0) is 25.7. The zero-order valence-corrected chi connectivity index (χ0v) is 22.5. The molecule has 0 aliphatic carbocycles. The number of ether oxygens (including phenoxy) is 1. The molecular formula is C28H23BrN2O4S. The molecule has 1 aliphatic heterocycles. The number of aryl methyl sites for hydroxylation is 3. The maximum Gasteiger partial charge on any atom is 0.301 e. The Kier molecular flexibility index (Phi) is 6.18. The van der Waals surface area contributed by atoms with Gasteiger partial charge in [0.1, 0.15) is 11.5 Å². The van der Waals surface area contributed by atoms with E-state index in [4.69, 9.17) is 9.72 Å². The van der Waals surface area contributed by atoms with Crippen LogP contribution in [0.1, 0.15) is 33.9 Å². The second-order valence-electron chi connectivity index (χ2n) is 8.83. The van der Waals surface area contributed by atoms with Crippen LogP contribution in [0.5, 0.6) is 5.75 Å². The van der Waals surface area contributed by atoms with Gasteiger partial charge in [0.15, 0.2) is 5.13 Å². The highest BCUT2D eigenvalue weighted by Crippen LogP contribution is 2.45. The standard InChI is InChI=1S/C28H23BrN2O4S/c1-14-11-16(3)23-21(12-14)36-28(30-23)31-24(17-5-8-19(29)9-6-17)22(26(33)27(31)34)25(32)18-7-10-20(35-4)15(2)13-18/h5-13,24,32H,1-4H3/b25-22+/t24-/m0/s1. The molecule has 1 saturated heterocycles. The van der Waals surface area contributed by atoms with Gasteiger partial charge in [0.2, 0.25) is 0 Å². The Morgan fingerprint density at radius 2 is 1.75 bits per heavy atom. The van der Waals surface area contributed by atoms with E-state index in [-0.39, 0.29) is 11.3 Å². The van der Waals surface area contributed by atoms with Gasteiger partial charge < -0.3 is 9.84 Å². The fourth-order valence-corrected chi connectivity index (χ4v) is 6.07. The number of aliphatic hydroxyl groups is 1. The summed E-state index contributed by atoms with van der Waals surface area (Å²) in [5.41, 5.74) is 4.84. The largest absolute Gasteiger partial charge is 0.507 e. The molecule has 1 aromatic heterocycles. The second kappa shape index (κ2) is 9.19. The van der Waals surface area contributed by atoms with Crippen molar-refractivity contribution in [2.75, 3.05) is 12.0 Å². The summed E-state index contributed by atoms with van der Waals surface area (Å²) in [4.78, 5) is 33.1. The summed E-state index contributed by atoms with van der Waals surface area (Å²) >= 11 is 4.81. The molecule has 5 rings (SSSR count). The van der Waals surface area contributed by atoms with Crippen LogP contribution in [-0.4, -0.2) is 28.9 Å². The van der Waals surface area contributed by atoms with Crippen LogP contribution in [0.15, 0.2) is 64.6 Å². The van der Waals surface area contributed by atoms with Gasteiger partial charge in [-0.15, -0.1) is 0 Å². The quantitative estimate of drug-likeness (QED) is 0.172. The maximum absolute atomic E-state index is 13.5. The molecule has 0 spiro atoms. The minimum Gasteiger partial charge on any atom is -0.507 e. The number of rotatable bonds is 4. The Hall–Kier alpha value is -3.49. The van der Waals surface area contributed by atoms with Crippen molar-refractivity contribution in [2.45, 2.75) is 26.8 Å². The lowest BCUT2D eigenvalue weighted by molar-refractivity contribution is -0.132. The van der Waals surface area contributed by atoms with Crippen LogP contribution < -0.4 is 9.64 Å². The van der Waals surface area contributed by atoms with E-state index >= 15 is 0 Å². The third kappa shape index (κ3) is 4.00. The van der Waals surface area contributed by atoms with E-state index in [2.05, 4.69) is 15.9 Å². The highest BCUT2D eigenvalue weighted by atomic mass is 79.9. The maximum atomic E-state index is 13.5. The number of amides is 1. The van der Waals surface area contributed by atoms with E-state index in [1.165, 1.54) is 16.2 Å². The number of Topliss-reactive ketones (excluding diaryl/α,β-unsaturated/α-hetero) is 1. The number of hydrogen-bond donors (Lipinski definition) is 1. The van der Waals surface area contributed by atoms with Crippen molar-refractivity contribution in [3.8, 4) is 5.75 Å². The number of aromatic nitrogens is 1. The van der Waals surface area contributed by atoms with Gasteiger partial charge in [-0.1, -0.05) is 45.5 Å². The molecule has 3 aromatic carbocycles. The van der Waals surface area contributed by atoms with E-state index in [0.29, 0.717) is 22.0 Å². The van der Waals surface area contributed by atoms with Crippen molar-refractivity contribution in [2.24, 2.45) is 0 Å². The number of carbonyl (C=O) groups is 2. The fourth-order valence-electron chi connectivity index (χ4n) is 4.63. The molecule has 6 nitrogen and oxygen atoms in total. The van der Waals surface area contributed by atoms with Crippen LogP contribution in [0.4, 0.5) is 5.13 Å². The van der Waals surface area contributed by atoms with Gasteiger partial charge in [0, 0.05) is 10.0 Å². The van der Waals surface area contributed by atoms with Crippen molar-refractivity contribution >= 4 is 60.1 Å². The van der Waals surface area contributed by atoms with Crippen LogP contribution >= 0.6 is 27.3 Å². The molecule has 1 atom stereocenters. The molecule has 0 saturated carbocycles. The van der Waals surface area contributed by atoms with Gasteiger partial charge in [-0.2, -0.15) is 0 Å². The predicted octanol–water partition coefficient (Wildman–Crippen LogP) is 6.62. The Bertz CT molecular complexity index is 1570. The lowest BCUT2D eigenvalue weighted by Gasteiger charge is -2.23. The molecule has 1 N–H and O–H groups in total. The summed E-state index contributed by atoms with van der Waals surface area (Å²) in [5, 5.41) is 11.8. The Morgan fingerprint density at radius 1 is 1.03 bits per heavy atom. The highest BCUT2D eigenvalue weighted by molar-refractivity contribution is 9.10. The predicted molar refractivity (Wildman–Crippen MR) is 146 cm³/mol. The van der Waals surface area contributed by atoms with Gasteiger partial charge >= 0.3 is 5.91 Å². The van der Waals surface area contributed by atoms with Crippen molar-refractivity contribution in [3.05, 3.63) is 92.5 Å². The topological polar surface area (TPSA) is 79.7 Å². The summed E-state index contributed by atoms with van der Waals surface area (Å²) in [5.74, 6) is -1.04. The molecule has 0 radical (unpaired) electrons. The lowest BCUT2D eigenvalue weighted by atomic mass is 9.95. The van der Waals surface area contributed by atoms with Gasteiger partial charge in [-0.25, -0.2) is 4.98 Å². The van der Waals surface area contributed by atoms with Crippen molar-refractivity contribution in [1.82, 2.24) is 4.98 Å². The third-order valence-corrected chi connectivity index (χ3v) is 7.85. The monoisotopic (exact) mass is 562 g/mol. The minimum absolute atomic E-state index is 0.0269. The molecule has 4 aromatic rings. The molecule has 8 heteroatoms. The van der Waals surface area contributed by atoms with Crippen molar-refractivity contribution < 1.29 is 19.4 Å². The fraction of sp³-hybridized carbons (Fsp3) is 0.179. The highest BCUT2D eigenvalue weighted by Gasteiger charge is 2.48. The van der Waals surface area contributed by atoms with E-state index in [9.17, 15) is 14.7 Å². The number of hydrogen-bond acceptors (Lipinski definition) is 6. The van der Waals surface area contributed by atoms with E-state index < -0.39 is 17.7 Å². The number of methoxy groups -OCH3 is 1. The van der Waals surface area contributed by atoms with Gasteiger partial charge in [-0.05, 0) is 79.4 Å². The van der Waals surface area contributed by atoms with Crippen LogP contribution in [0.3, 0.4) is 0 Å². The lowest BCUT2D eigenvalue weighted by Crippen LogP contribution is -2.29. The normalized spacial score (nSPS) is 17.2. The molecule has 2 heterocycles.